The van der Waals surface area contributed by atoms with Gasteiger partial charge in [0, 0.05) is 17.9 Å². The SMILES string of the molecule is Cc1ccc(S(=O)(=O)N(C)c2oc(C)c(C)c2CCCCBr)cc1. The molecule has 0 spiro atoms. The van der Waals surface area contributed by atoms with Crippen LogP contribution < -0.4 is 4.31 Å². The van der Waals surface area contributed by atoms with Gasteiger partial charge in [0.25, 0.3) is 10.0 Å². The second-order valence-corrected chi connectivity index (χ2v) is 8.76. The van der Waals surface area contributed by atoms with Crippen molar-refractivity contribution in [2.45, 2.75) is 44.9 Å². The summed E-state index contributed by atoms with van der Waals surface area (Å²) in [6.07, 6.45) is 2.83. The third kappa shape index (κ3) is 3.86. The Bertz CT molecular complexity index is 794. The normalized spacial score (nSPS) is 11.7. The van der Waals surface area contributed by atoms with Crippen LogP contribution in [0.15, 0.2) is 33.6 Å². The van der Waals surface area contributed by atoms with E-state index in [9.17, 15) is 8.42 Å². The zero-order chi connectivity index (χ0) is 17.9. The Morgan fingerprint density at radius 2 is 1.71 bits per heavy atom. The van der Waals surface area contributed by atoms with Gasteiger partial charge in [-0.05, 0) is 57.7 Å². The molecule has 0 saturated carbocycles. The fraction of sp³-hybridized carbons (Fsp3) is 0.444. The average Bonchev–Trinajstić information content (AvgIpc) is 2.83. The minimum atomic E-state index is -3.63. The van der Waals surface area contributed by atoms with Crippen molar-refractivity contribution < 1.29 is 12.8 Å². The highest BCUT2D eigenvalue weighted by Gasteiger charge is 2.27. The fourth-order valence-electron chi connectivity index (χ4n) is 2.58. The van der Waals surface area contributed by atoms with Gasteiger partial charge in [-0.3, -0.25) is 0 Å². The molecule has 1 heterocycles. The molecule has 0 atom stereocenters. The van der Waals surface area contributed by atoms with E-state index in [-0.39, 0.29) is 4.90 Å². The summed E-state index contributed by atoms with van der Waals surface area (Å²) < 4.78 is 32.9. The minimum absolute atomic E-state index is 0.272. The highest BCUT2D eigenvalue weighted by Crippen LogP contribution is 2.33. The first kappa shape index (κ1) is 19.1. The molecule has 0 aliphatic carbocycles. The topological polar surface area (TPSA) is 50.5 Å². The lowest BCUT2D eigenvalue weighted by Gasteiger charge is -2.18. The molecular weight excluding hydrogens is 390 g/mol. The number of nitrogens with zero attached hydrogens (tertiary/aromatic N) is 1. The summed E-state index contributed by atoms with van der Waals surface area (Å²) >= 11 is 3.43. The number of aryl methyl sites for hydroxylation is 2. The molecule has 0 N–H and O–H groups in total. The van der Waals surface area contributed by atoms with E-state index in [0.717, 1.165) is 47.0 Å². The van der Waals surface area contributed by atoms with Crippen molar-refractivity contribution in [2.75, 3.05) is 16.7 Å². The van der Waals surface area contributed by atoms with Gasteiger partial charge >= 0.3 is 0 Å². The van der Waals surface area contributed by atoms with Crippen molar-refractivity contribution in [3.63, 3.8) is 0 Å². The van der Waals surface area contributed by atoms with Gasteiger partial charge in [-0.25, -0.2) is 12.7 Å². The maximum Gasteiger partial charge on any atom is 0.266 e. The zero-order valence-electron chi connectivity index (χ0n) is 14.6. The van der Waals surface area contributed by atoms with Crippen molar-refractivity contribution in [1.29, 1.82) is 0 Å². The summed E-state index contributed by atoms with van der Waals surface area (Å²) in [6.45, 7) is 5.79. The van der Waals surface area contributed by atoms with E-state index in [2.05, 4.69) is 15.9 Å². The second kappa shape index (κ2) is 7.74. The van der Waals surface area contributed by atoms with Gasteiger partial charge in [-0.1, -0.05) is 33.6 Å². The van der Waals surface area contributed by atoms with Crippen LogP contribution in [0.3, 0.4) is 0 Å². The Balaban J connectivity index is 2.39. The first-order valence-corrected chi connectivity index (χ1v) is 10.6. The Kier molecular flexibility index (Phi) is 6.15. The number of hydrogen-bond acceptors (Lipinski definition) is 3. The van der Waals surface area contributed by atoms with E-state index < -0.39 is 10.0 Å². The van der Waals surface area contributed by atoms with Crippen LogP contribution in [0.5, 0.6) is 0 Å². The molecular formula is C18H24BrNO3S. The van der Waals surface area contributed by atoms with Crippen molar-refractivity contribution in [3.05, 3.63) is 46.7 Å². The number of alkyl halides is 1. The van der Waals surface area contributed by atoms with Crippen LogP contribution in [0.2, 0.25) is 0 Å². The number of hydrogen-bond donors (Lipinski definition) is 0. The minimum Gasteiger partial charge on any atom is -0.444 e. The van der Waals surface area contributed by atoms with Crippen LogP contribution in [-0.2, 0) is 16.4 Å². The molecule has 4 nitrogen and oxygen atoms in total. The number of benzene rings is 1. The highest BCUT2D eigenvalue weighted by atomic mass is 79.9. The van der Waals surface area contributed by atoms with Gasteiger partial charge in [-0.15, -0.1) is 0 Å². The van der Waals surface area contributed by atoms with Crippen LogP contribution in [0.1, 0.15) is 35.3 Å². The molecule has 0 saturated heterocycles. The van der Waals surface area contributed by atoms with Crippen LogP contribution in [0.25, 0.3) is 0 Å². The van der Waals surface area contributed by atoms with E-state index in [4.69, 9.17) is 4.42 Å². The Morgan fingerprint density at radius 1 is 1.08 bits per heavy atom. The second-order valence-electron chi connectivity index (χ2n) is 6.00. The van der Waals surface area contributed by atoms with Crippen LogP contribution in [-0.4, -0.2) is 20.8 Å². The molecule has 0 aliphatic rings. The lowest BCUT2D eigenvalue weighted by atomic mass is 10.1. The summed E-state index contributed by atoms with van der Waals surface area (Å²) in [6, 6.07) is 6.87. The van der Waals surface area contributed by atoms with E-state index in [1.54, 1.807) is 31.3 Å². The van der Waals surface area contributed by atoms with Crippen molar-refractivity contribution >= 4 is 31.8 Å². The quantitative estimate of drug-likeness (QED) is 0.486. The summed E-state index contributed by atoms with van der Waals surface area (Å²) in [5, 5.41) is 0.940. The highest BCUT2D eigenvalue weighted by molar-refractivity contribution is 9.09. The molecule has 0 fully saturated rings. The molecule has 0 aliphatic heterocycles. The largest absolute Gasteiger partial charge is 0.444 e. The van der Waals surface area contributed by atoms with Gasteiger partial charge in [0.2, 0.25) is 5.88 Å². The summed E-state index contributed by atoms with van der Waals surface area (Å²) in [4.78, 5) is 0.272. The predicted octanol–water partition coefficient (Wildman–Crippen LogP) is 4.75. The van der Waals surface area contributed by atoms with Crippen molar-refractivity contribution in [2.24, 2.45) is 0 Å². The maximum atomic E-state index is 12.9. The van der Waals surface area contributed by atoms with E-state index >= 15 is 0 Å². The lowest BCUT2D eigenvalue weighted by Crippen LogP contribution is -2.27. The van der Waals surface area contributed by atoms with Gasteiger partial charge in [0.05, 0.1) is 4.90 Å². The lowest BCUT2D eigenvalue weighted by molar-refractivity contribution is 0.529. The number of furan rings is 1. The number of unbranched alkanes of at least 4 members (excludes halogenated alkanes) is 1. The van der Waals surface area contributed by atoms with Gasteiger partial charge < -0.3 is 4.42 Å². The third-order valence-electron chi connectivity index (χ3n) is 4.26. The number of halogens is 1. The number of rotatable bonds is 7. The zero-order valence-corrected chi connectivity index (χ0v) is 17.0. The maximum absolute atomic E-state index is 12.9. The molecule has 2 aromatic rings. The van der Waals surface area contributed by atoms with Gasteiger partial charge in [0.1, 0.15) is 5.76 Å². The Hall–Kier alpha value is -1.27. The van der Waals surface area contributed by atoms with Gasteiger partial charge in [-0.2, -0.15) is 0 Å². The van der Waals surface area contributed by atoms with Gasteiger partial charge in [0.15, 0.2) is 0 Å². The molecule has 0 radical (unpaired) electrons. The molecule has 6 heteroatoms. The third-order valence-corrected chi connectivity index (χ3v) is 6.58. The molecule has 132 valence electrons. The van der Waals surface area contributed by atoms with Crippen LogP contribution in [0, 0.1) is 20.8 Å². The van der Waals surface area contributed by atoms with Crippen molar-refractivity contribution in [1.82, 2.24) is 0 Å². The molecule has 2 rings (SSSR count). The van der Waals surface area contributed by atoms with E-state index in [0.29, 0.717) is 5.88 Å². The summed E-state index contributed by atoms with van der Waals surface area (Å²) in [5.74, 6) is 1.20. The summed E-state index contributed by atoms with van der Waals surface area (Å²) in [5.41, 5.74) is 3.04. The molecule has 1 aromatic carbocycles. The van der Waals surface area contributed by atoms with Crippen molar-refractivity contribution in [3.8, 4) is 0 Å². The molecule has 0 bridgehead atoms. The standard InChI is InChI=1S/C18H24BrNO3S/c1-13-8-10-16(11-9-13)24(21,22)20(4)18-17(7-5-6-12-19)14(2)15(3)23-18/h8-11H,5-7,12H2,1-4H3. The average molecular weight is 414 g/mol. The molecule has 0 unspecified atom stereocenters. The van der Waals surface area contributed by atoms with E-state index in [1.807, 2.05) is 20.8 Å². The predicted molar refractivity (Wildman–Crippen MR) is 102 cm³/mol. The number of anilines is 1. The molecule has 0 amide bonds. The molecule has 1 aromatic heterocycles. The monoisotopic (exact) mass is 413 g/mol. The van der Waals surface area contributed by atoms with Crippen LogP contribution >= 0.6 is 15.9 Å². The van der Waals surface area contributed by atoms with E-state index in [1.165, 1.54) is 4.31 Å². The Labute approximate surface area is 153 Å². The Morgan fingerprint density at radius 3 is 2.29 bits per heavy atom. The summed E-state index contributed by atoms with van der Waals surface area (Å²) in [7, 11) is -2.08. The van der Waals surface area contributed by atoms with Crippen LogP contribution in [0.4, 0.5) is 5.88 Å². The number of sulfonamides is 1. The molecule has 24 heavy (non-hydrogen) atoms. The fourth-order valence-corrected chi connectivity index (χ4v) is 4.14. The first-order valence-electron chi connectivity index (χ1n) is 7.99. The smallest absolute Gasteiger partial charge is 0.266 e. The first-order chi connectivity index (χ1) is 11.3.